The Kier molecular flexibility index (Phi) is 5.51. The molecular weight excluding hydrogens is 415 g/mol. The molecule has 0 radical (unpaired) electrons. The van der Waals surface area contributed by atoms with Gasteiger partial charge in [0.1, 0.15) is 4.90 Å². The van der Waals surface area contributed by atoms with Crippen molar-refractivity contribution in [1.29, 1.82) is 0 Å². The molecule has 0 aliphatic carbocycles. The number of halogens is 4. The largest absolute Gasteiger partial charge is 0.416 e. The van der Waals surface area contributed by atoms with E-state index in [0.717, 1.165) is 22.1 Å². The van der Waals surface area contributed by atoms with E-state index in [-0.39, 0.29) is 11.6 Å². The average molecular weight is 430 g/mol. The fourth-order valence-electron chi connectivity index (χ4n) is 2.55. The van der Waals surface area contributed by atoms with Crippen LogP contribution in [0, 0.1) is 0 Å². The Bertz CT molecular complexity index is 1080. The highest BCUT2D eigenvalue weighted by Gasteiger charge is 2.33. The lowest BCUT2D eigenvalue weighted by Gasteiger charge is -2.18. The Morgan fingerprint density at radius 1 is 1.14 bits per heavy atom. The van der Waals surface area contributed by atoms with Crippen LogP contribution in [0.1, 0.15) is 11.1 Å². The summed E-state index contributed by atoms with van der Waals surface area (Å²) in [5.41, 5.74) is 0.277. The second kappa shape index (κ2) is 7.57. The number of alkyl halides is 3. The lowest BCUT2D eigenvalue weighted by Crippen LogP contribution is -2.27. The van der Waals surface area contributed by atoms with Gasteiger partial charge in [-0.2, -0.15) is 22.6 Å². The molecule has 0 fully saturated rings. The zero-order valence-electron chi connectivity index (χ0n) is 14.6. The molecule has 3 rings (SSSR count). The summed E-state index contributed by atoms with van der Waals surface area (Å²) in [5, 5.41) is 3.90. The first-order chi connectivity index (χ1) is 13.1. The molecule has 0 amide bonds. The molecular formula is C18H15ClF3N3O2S. The van der Waals surface area contributed by atoms with E-state index < -0.39 is 26.7 Å². The second-order valence-electron chi connectivity index (χ2n) is 6.03. The molecule has 3 aromatic rings. The Hall–Kier alpha value is -2.36. The lowest BCUT2D eigenvalue weighted by atomic mass is 10.2. The number of hydrogen-bond acceptors (Lipinski definition) is 3. The molecule has 2 aromatic carbocycles. The van der Waals surface area contributed by atoms with Gasteiger partial charge in [0, 0.05) is 25.4 Å². The zero-order valence-corrected chi connectivity index (χ0v) is 16.1. The van der Waals surface area contributed by atoms with Crippen molar-refractivity contribution >= 4 is 21.6 Å². The van der Waals surface area contributed by atoms with Gasteiger partial charge < -0.3 is 0 Å². The SMILES string of the molecule is CN(Cc1cnn(-c2ccccc2)c1)S(=O)(=O)c1cc(C(F)(F)F)ccc1Cl. The molecule has 5 nitrogen and oxygen atoms in total. The Labute approximate surface area is 165 Å². The van der Waals surface area contributed by atoms with Crippen molar-refractivity contribution in [3.05, 3.63) is 77.1 Å². The van der Waals surface area contributed by atoms with Crippen molar-refractivity contribution in [3.63, 3.8) is 0 Å². The smallest absolute Gasteiger partial charge is 0.241 e. The van der Waals surface area contributed by atoms with Crippen LogP contribution < -0.4 is 0 Å². The summed E-state index contributed by atoms with van der Waals surface area (Å²) in [7, 11) is -2.97. The minimum absolute atomic E-state index is 0.0816. The maximum atomic E-state index is 12.9. The summed E-state index contributed by atoms with van der Waals surface area (Å²) in [4.78, 5) is -0.595. The van der Waals surface area contributed by atoms with E-state index in [1.54, 1.807) is 10.9 Å². The summed E-state index contributed by atoms with van der Waals surface area (Å²) < 4.78 is 66.8. The third kappa shape index (κ3) is 4.21. The van der Waals surface area contributed by atoms with E-state index >= 15 is 0 Å². The maximum Gasteiger partial charge on any atom is 0.416 e. The summed E-state index contributed by atoms with van der Waals surface area (Å²) in [5.74, 6) is 0. The van der Waals surface area contributed by atoms with Crippen LogP contribution in [0.2, 0.25) is 5.02 Å². The predicted octanol–water partition coefficient (Wildman–Crippen LogP) is 4.37. The highest BCUT2D eigenvalue weighted by atomic mass is 35.5. The molecule has 0 saturated heterocycles. The van der Waals surface area contributed by atoms with Gasteiger partial charge in [-0.1, -0.05) is 29.8 Å². The normalized spacial score (nSPS) is 12.5. The van der Waals surface area contributed by atoms with Crippen LogP contribution in [0.4, 0.5) is 13.2 Å². The zero-order chi connectivity index (χ0) is 20.5. The van der Waals surface area contributed by atoms with Crippen LogP contribution in [-0.4, -0.2) is 29.6 Å². The number of para-hydroxylation sites is 1. The van der Waals surface area contributed by atoms with Gasteiger partial charge >= 0.3 is 6.18 Å². The van der Waals surface area contributed by atoms with Crippen molar-refractivity contribution in [2.45, 2.75) is 17.6 Å². The van der Waals surface area contributed by atoms with E-state index in [0.29, 0.717) is 11.6 Å². The number of nitrogens with zero attached hydrogens (tertiary/aromatic N) is 3. The Morgan fingerprint density at radius 2 is 1.82 bits per heavy atom. The molecule has 0 aliphatic rings. The first-order valence-corrected chi connectivity index (χ1v) is 9.83. The molecule has 0 spiro atoms. The van der Waals surface area contributed by atoms with E-state index in [2.05, 4.69) is 5.10 Å². The topological polar surface area (TPSA) is 55.2 Å². The van der Waals surface area contributed by atoms with Gasteiger partial charge in [0.25, 0.3) is 0 Å². The molecule has 0 unspecified atom stereocenters. The van der Waals surface area contributed by atoms with E-state index in [4.69, 9.17) is 11.6 Å². The van der Waals surface area contributed by atoms with Gasteiger partial charge in [-0.05, 0) is 30.3 Å². The summed E-state index contributed by atoms with van der Waals surface area (Å²) in [6.45, 7) is -0.0816. The lowest BCUT2D eigenvalue weighted by molar-refractivity contribution is -0.137. The molecule has 1 aromatic heterocycles. The number of sulfonamides is 1. The summed E-state index contributed by atoms with van der Waals surface area (Å²) in [6, 6.07) is 11.4. The van der Waals surface area contributed by atoms with E-state index in [1.807, 2.05) is 30.3 Å². The molecule has 0 bridgehead atoms. The monoisotopic (exact) mass is 429 g/mol. The minimum atomic E-state index is -4.68. The molecule has 0 atom stereocenters. The summed E-state index contributed by atoms with van der Waals surface area (Å²) in [6.07, 6.45) is -1.54. The van der Waals surface area contributed by atoms with Gasteiger partial charge in [0.2, 0.25) is 10.0 Å². The minimum Gasteiger partial charge on any atom is -0.241 e. The van der Waals surface area contributed by atoms with Crippen molar-refractivity contribution in [2.24, 2.45) is 0 Å². The van der Waals surface area contributed by atoms with Gasteiger partial charge in [-0.25, -0.2) is 13.1 Å². The first kappa shape index (κ1) is 20.4. The molecule has 0 saturated carbocycles. The molecule has 0 N–H and O–H groups in total. The number of aromatic nitrogens is 2. The van der Waals surface area contributed by atoms with Crippen LogP contribution in [-0.2, 0) is 22.7 Å². The Balaban J connectivity index is 1.86. The van der Waals surface area contributed by atoms with Crippen LogP contribution in [0.3, 0.4) is 0 Å². The predicted molar refractivity (Wildman–Crippen MR) is 98.7 cm³/mol. The molecule has 1 heterocycles. The van der Waals surface area contributed by atoms with Crippen molar-refractivity contribution in [1.82, 2.24) is 14.1 Å². The molecule has 0 aliphatic heterocycles. The second-order valence-corrected chi connectivity index (χ2v) is 8.45. The van der Waals surface area contributed by atoms with Crippen LogP contribution in [0.15, 0.2) is 65.8 Å². The number of rotatable bonds is 5. The highest BCUT2D eigenvalue weighted by Crippen LogP contribution is 2.34. The quantitative estimate of drug-likeness (QED) is 0.605. The molecule has 28 heavy (non-hydrogen) atoms. The van der Waals surface area contributed by atoms with E-state index in [9.17, 15) is 21.6 Å². The third-order valence-electron chi connectivity index (χ3n) is 4.01. The third-order valence-corrected chi connectivity index (χ3v) is 6.29. The summed E-state index contributed by atoms with van der Waals surface area (Å²) >= 11 is 5.87. The van der Waals surface area contributed by atoms with Crippen molar-refractivity contribution < 1.29 is 21.6 Å². The fourth-order valence-corrected chi connectivity index (χ4v) is 4.21. The standard InChI is InChI=1S/C18H15ClF3N3O2S/c1-24(11-13-10-23-25(12-13)15-5-3-2-4-6-15)28(26,27)17-9-14(18(20,21)22)7-8-16(17)19/h2-10,12H,11H2,1H3. The molecule has 10 heteroatoms. The van der Waals surface area contributed by atoms with Crippen molar-refractivity contribution in [2.75, 3.05) is 7.05 Å². The van der Waals surface area contributed by atoms with E-state index in [1.165, 1.54) is 13.2 Å². The average Bonchev–Trinajstić information content (AvgIpc) is 3.10. The first-order valence-electron chi connectivity index (χ1n) is 8.01. The highest BCUT2D eigenvalue weighted by molar-refractivity contribution is 7.89. The number of hydrogen-bond donors (Lipinski definition) is 0. The Morgan fingerprint density at radius 3 is 2.46 bits per heavy atom. The maximum absolute atomic E-state index is 12.9. The van der Waals surface area contributed by atoms with Crippen molar-refractivity contribution in [3.8, 4) is 5.69 Å². The van der Waals surface area contributed by atoms with Gasteiger partial charge in [0.05, 0.1) is 22.5 Å². The van der Waals surface area contributed by atoms with Crippen LogP contribution in [0.25, 0.3) is 5.69 Å². The van der Waals surface area contributed by atoms with Crippen LogP contribution >= 0.6 is 11.6 Å². The van der Waals surface area contributed by atoms with Gasteiger partial charge in [-0.3, -0.25) is 0 Å². The van der Waals surface area contributed by atoms with Crippen LogP contribution in [0.5, 0.6) is 0 Å². The number of benzene rings is 2. The fraction of sp³-hybridized carbons (Fsp3) is 0.167. The molecule has 148 valence electrons. The van der Waals surface area contributed by atoms with Gasteiger partial charge in [0.15, 0.2) is 0 Å². The van der Waals surface area contributed by atoms with Gasteiger partial charge in [-0.15, -0.1) is 0 Å².